The maximum absolute atomic E-state index is 6.53. The maximum atomic E-state index is 6.53. The molecule has 0 fully saturated rings. The van der Waals surface area contributed by atoms with E-state index in [0.29, 0.717) is 25.2 Å². The fraction of sp³-hybridized carbons (Fsp3) is 0.625. The standard InChI is InChI=1S/C16H22ClNO2/c1-3-18-12-6-5-10(2)14-11(17)9-13-16(15(12)14)20-8-4-7-19-13/h9-10,12,18H,3-8H2,1-2H3. The summed E-state index contributed by atoms with van der Waals surface area (Å²) in [5.74, 6) is 2.20. The van der Waals surface area contributed by atoms with Gasteiger partial charge in [0, 0.05) is 29.1 Å². The SMILES string of the molecule is CCNC1CCC(C)c2c(Cl)cc3c(c21)OCCCO3. The van der Waals surface area contributed by atoms with Gasteiger partial charge in [-0.25, -0.2) is 0 Å². The number of hydrogen-bond donors (Lipinski definition) is 1. The van der Waals surface area contributed by atoms with Gasteiger partial charge in [-0.15, -0.1) is 0 Å². The minimum atomic E-state index is 0.320. The number of benzene rings is 1. The first-order chi connectivity index (χ1) is 9.72. The molecule has 110 valence electrons. The molecule has 1 aromatic carbocycles. The van der Waals surface area contributed by atoms with Gasteiger partial charge in [-0.3, -0.25) is 0 Å². The Balaban J connectivity index is 2.15. The van der Waals surface area contributed by atoms with Crippen LogP contribution in [-0.4, -0.2) is 19.8 Å². The molecule has 3 nitrogen and oxygen atoms in total. The number of hydrogen-bond acceptors (Lipinski definition) is 3. The highest BCUT2D eigenvalue weighted by atomic mass is 35.5. The van der Waals surface area contributed by atoms with Crippen LogP contribution >= 0.6 is 11.6 Å². The minimum absolute atomic E-state index is 0.320. The molecule has 20 heavy (non-hydrogen) atoms. The molecule has 0 saturated heterocycles. The Labute approximate surface area is 125 Å². The molecule has 1 aliphatic carbocycles. The zero-order chi connectivity index (χ0) is 14.1. The van der Waals surface area contributed by atoms with Gasteiger partial charge in [0.25, 0.3) is 0 Å². The van der Waals surface area contributed by atoms with Crippen molar-refractivity contribution in [2.45, 2.75) is 45.1 Å². The molecule has 2 atom stereocenters. The molecule has 0 bridgehead atoms. The minimum Gasteiger partial charge on any atom is -0.489 e. The average molecular weight is 296 g/mol. The second kappa shape index (κ2) is 5.82. The lowest BCUT2D eigenvalue weighted by Crippen LogP contribution is -2.27. The molecular formula is C16H22ClNO2. The van der Waals surface area contributed by atoms with Crippen LogP contribution in [0.3, 0.4) is 0 Å². The van der Waals surface area contributed by atoms with Crippen molar-refractivity contribution in [3.8, 4) is 11.5 Å². The summed E-state index contributed by atoms with van der Waals surface area (Å²) in [7, 11) is 0. The van der Waals surface area contributed by atoms with Gasteiger partial charge in [0.15, 0.2) is 11.5 Å². The van der Waals surface area contributed by atoms with Crippen molar-refractivity contribution in [2.24, 2.45) is 0 Å². The quantitative estimate of drug-likeness (QED) is 0.893. The van der Waals surface area contributed by atoms with E-state index in [1.807, 2.05) is 6.07 Å². The van der Waals surface area contributed by atoms with Crippen LogP contribution in [0.4, 0.5) is 0 Å². The fourth-order valence-electron chi connectivity index (χ4n) is 3.32. The Bertz CT molecular complexity index is 504. The molecule has 4 heteroatoms. The molecule has 1 aromatic rings. The fourth-order valence-corrected chi connectivity index (χ4v) is 3.70. The summed E-state index contributed by atoms with van der Waals surface area (Å²) < 4.78 is 11.8. The number of fused-ring (bicyclic) bond motifs is 3. The molecule has 2 aliphatic rings. The average Bonchev–Trinajstić information content (AvgIpc) is 2.66. The van der Waals surface area contributed by atoms with Gasteiger partial charge in [-0.1, -0.05) is 25.4 Å². The summed E-state index contributed by atoms with van der Waals surface area (Å²) in [5.41, 5.74) is 2.48. The number of rotatable bonds is 2. The number of ether oxygens (including phenoxy) is 2. The van der Waals surface area contributed by atoms with Crippen LogP contribution in [0.5, 0.6) is 11.5 Å². The smallest absolute Gasteiger partial charge is 0.166 e. The summed E-state index contributed by atoms with van der Waals surface area (Å²) in [5, 5.41) is 4.38. The Morgan fingerprint density at radius 3 is 2.85 bits per heavy atom. The van der Waals surface area contributed by atoms with E-state index in [-0.39, 0.29) is 0 Å². The maximum Gasteiger partial charge on any atom is 0.166 e. The monoisotopic (exact) mass is 295 g/mol. The first kappa shape index (κ1) is 14.0. The zero-order valence-electron chi connectivity index (χ0n) is 12.2. The zero-order valence-corrected chi connectivity index (χ0v) is 12.9. The Morgan fingerprint density at radius 2 is 2.05 bits per heavy atom. The van der Waals surface area contributed by atoms with E-state index < -0.39 is 0 Å². The normalized spacial score (nSPS) is 24.9. The van der Waals surface area contributed by atoms with Crippen LogP contribution in [-0.2, 0) is 0 Å². The van der Waals surface area contributed by atoms with Gasteiger partial charge >= 0.3 is 0 Å². The molecule has 1 N–H and O–H groups in total. The molecule has 3 rings (SSSR count). The Kier molecular flexibility index (Phi) is 4.08. The molecular weight excluding hydrogens is 274 g/mol. The Hall–Kier alpha value is -0.930. The molecule has 0 amide bonds. The molecule has 0 aromatic heterocycles. The predicted molar refractivity (Wildman–Crippen MR) is 81.1 cm³/mol. The first-order valence-corrected chi connectivity index (χ1v) is 7.95. The largest absolute Gasteiger partial charge is 0.489 e. The van der Waals surface area contributed by atoms with Gasteiger partial charge in [-0.2, -0.15) is 0 Å². The van der Waals surface area contributed by atoms with Crippen LogP contribution in [0.1, 0.15) is 56.2 Å². The van der Waals surface area contributed by atoms with Crippen LogP contribution < -0.4 is 14.8 Å². The summed E-state index contributed by atoms with van der Waals surface area (Å²) in [6.07, 6.45) is 3.20. The lowest BCUT2D eigenvalue weighted by Gasteiger charge is -2.33. The van der Waals surface area contributed by atoms with E-state index in [4.69, 9.17) is 21.1 Å². The highest BCUT2D eigenvalue weighted by Gasteiger charge is 2.32. The summed E-state index contributed by atoms with van der Waals surface area (Å²) in [6.45, 7) is 6.74. The van der Waals surface area contributed by atoms with Gasteiger partial charge in [-0.05, 0) is 30.9 Å². The Morgan fingerprint density at radius 1 is 1.25 bits per heavy atom. The first-order valence-electron chi connectivity index (χ1n) is 7.57. The van der Waals surface area contributed by atoms with Crippen LogP contribution in [0.25, 0.3) is 0 Å². The van der Waals surface area contributed by atoms with Gasteiger partial charge in [0.1, 0.15) is 0 Å². The topological polar surface area (TPSA) is 30.5 Å². The van der Waals surface area contributed by atoms with E-state index in [9.17, 15) is 0 Å². The van der Waals surface area contributed by atoms with Crippen molar-refractivity contribution in [2.75, 3.05) is 19.8 Å². The van der Waals surface area contributed by atoms with Crippen LogP contribution in [0, 0.1) is 0 Å². The van der Waals surface area contributed by atoms with Crippen molar-refractivity contribution in [1.29, 1.82) is 0 Å². The van der Waals surface area contributed by atoms with E-state index in [2.05, 4.69) is 19.2 Å². The van der Waals surface area contributed by atoms with E-state index in [1.165, 1.54) is 11.1 Å². The second-order valence-corrected chi connectivity index (χ2v) is 6.06. The molecule has 0 spiro atoms. The third kappa shape index (κ3) is 2.38. The van der Waals surface area contributed by atoms with Gasteiger partial charge < -0.3 is 14.8 Å². The van der Waals surface area contributed by atoms with Gasteiger partial charge in [0.05, 0.1) is 13.2 Å². The molecule has 2 unspecified atom stereocenters. The van der Waals surface area contributed by atoms with E-state index in [1.54, 1.807) is 0 Å². The number of halogens is 1. The summed E-state index contributed by atoms with van der Waals surface area (Å²) >= 11 is 6.53. The number of nitrogens with one attached hydrogen (secondary N) is 1. The highest BCUT2D eigenvalue weighted by molar-refractivity contribution is 6.31. The van der Waals surface area contributed by atoms with Crippen molar-refractivity contribution < 1.29 is 9.47 Å². The second-order valence-electron chi connectivity index (χ2n) is 5.65. The third-order valence-corrected chi connectivity index (χ3v) is 4.56. The molecule has 1 aliphatic heterocycles. The predicted octanol–water partition coefficient (Wildman–Crippen LogP) is 4.05. The van der Waals surface area contributed by atoms with Gasteiger partial charge in [0.2, 0.25) is 0 Å². The van der Waals surface area contributed by atoms with Crippen molar-refractivity contribution in [3.63, 3.8) is 0 Å². The van der Waals surface area contributed by atoms with Crippen molar-refractivity contribution in [3.05, 3.63) is 22.2 Å². The van der Waals surface area contributed by atoms with Crippen LogP contribution in [0.15, 0.2) is 6.07 Å². The van der Waals surface area contributed by atoms with Crippen molar-refractivity contribution in [1.82, 2.24) is 5.32 Å². The van der Waals surface area contributed by atoms with Crippen LogP contribution in [0.2, 0.25) is 5.02 Å². The summed E-state index contributed by atoms with van der Waals surface area (Å²) in [4.78, 5) is 0. The molecule has 0 saturated carbocycles. The molecule has 1 heterocycles. The van der Waals surface area contributed by atoms with E-state index in [0.717, 1.165) is 42.3 Å². The van der Waals surface area contributed by atoms with E-state index >= 15 is 0 Å². The highest BCUT2D eigenvalue weighted by Crippen LogP contribution is 2.50. The summed E-state index contributed by atoms with van der Waals surface area (Å²) in [6, 6.07) is 2.26. The third-order valence-electron chi connectivity index (χ3n) is 4.25. The van der Waals surface area contributed by atoms with Crippen molar-refractivity contribution >= 4 is 11.6 Å². The lowest BCUT2D eigenvalue weighted by molar-refractivity contribution is 0.293. The lowest BCUT2D eigenvalue weighted by atomic mass is 9.80. The molecule has 0 radical (unpaired) electrons.